The number of ether oxygens (including phenoxy) is 1. The minimum atomic E-state index is -0.682. The summed E-state index contributed by atoms with van der Waals surface area (Å²) in [7, 11) is 0. The quantitative estimate of drug-likeness (QED) is 0.454. The molecule has 1 aliphatic rings. The van der Waals surface area contributed by atoms with Gasteiger partial charge in [0.2, 0.25) is 5.91 Å². The summed E-state index contributed by atoms with van der Waals surface area (Å²) in [6.07, 6.45) is 0.482. The van der Waals surface area contributed by atoms with Crippen molar-refractivity contribution in [2.75, 3.05) is 13.1 Å². The van der Waals surface area contributed by atoms with E-state index in [2.05, 4.69) is 22.5 Å². The maximum atomic E-state index is 11.6. The van der Waals surface area contributed by atoms with Crippen LogP contribution in [0.1, 0.15) is 27.2 Å². The first-order valence-corrected chi connectivity index (χ1v) is 6.36. The number of alkyl halides is 1. The number of hydrogen-bond acceptors (Lipinski definition) is 3. The predicted molar refractivity (Wildman–Crippen MR) is 68.9 cm³/mol. The van der Waals surface area contributed by atoms with Crippen molar-refractivity contribution in [1.82, 2.24) is 4.90 Å². The summed E-state index contributed by atoms with van der Waals surface area (Å²) in [5.41, 5.74) is 0.512. The molecular weight excluding hydrogens is 286 g/mol. The average Bonchev–Trinajstić information content (AvgIpc) is 2.63. The molecule has 0 aromatic carbocycles. The van der Waals surface area contributed by atoms with E-state index in [1.807, 2.05) is 0 Å². The van der Waals surface area contributed by atoms with Crippen molar-refractivity contribution in [2.45, 2.75) is 37.6 Å². The van der Waals surface area contributed by atoms with Crippen molar-refractivity contribution in [1.29, 1.82) is 0 Å². The van der Waals surface area contributed by atoms with Gasteiger partial charge in [0.1, 0.15) is 10.4 Å². The van der Waals surface area contributed by atoms with E-state index in [0.717, 1.165) is 0 Å². The minimum absolute atomic E-state index is 0.0679. The van der Waals surface area contributed by atoms with E-state index in [1.165, 1.54) is 0 Å². The Bertz CT molecular complexity index is 346. The molecular formula is C12H18BrNO3. The van der Waals surface area contributed by atoms with Gasteiger partial charge in [-0.1, -0.05) is 22.5 Å². The lowest BCUT2D eigenvalue weighted by molar-refractivity contribution is -0.150. The molecule has 0 aliphatic carbocycles. The van der Waals surface area contributed by atoms with E-state index in [0.29, 0.717) is 25.1 Å². The third-order valence-electron chi connectivity index (χ3n) is 2.56. The summed E-state index contributed by atoms with van der Waals surface area (Å²) >= 11 is 3.25. The largest absolute Gasteiger partial charge is 0.459 e. The first kappa shape index (κ1) is 14.2. The molecule has 0 aromatic rings. The lowest BCUT2D eigenvalue weighted by atomic mass is 10.2. The minimum Gasteiger partial charge on any atom is -0.459 e. The zero-order chi connectivity index (χ0) is 13.2. The number of esters is 1. The van der Waals surface area contributed by atoms with Crippen LogP contribution in [-0.2, 0) is 14.3 Å². The van der Waals surface area contributed by atoms with Crippen LogP contribution < -0.4 is 0 Å². The molecule has 4 nitrogen and oxygen atoms in total. The Hall–Kier alpha value is -0.840. The molecule has 1 aliphatic heterocycles. The Balaban J connectivity index is 2.49. The number of amides is 1. The first-order chi connectivity index (χ1) is 7.71. The van der Waals surface area contributed by atoms with Crippen molar-refractivity contribution in [2.24, 2.45) is 0 Å². The first-order valence-electron chi connectivity index (χ1n) is 5.56. The van der Waals surface area contributed by atoms with Crippen LogP contribution in [0, 0.1) is 0 Å². The van der Waals surface area contributed by atoms with Crippen LogP contribution in [0.15, 0.2) is 12.2 Å². The summed E-state index contributed by atoms with van der Waals surface area (Å²) in [5.74, 6) is -0.367. The topological polar surface area (TPSA) is 46.6 Å². The summed E-state index contributed by atoms with van der Waals surface area (Å²) < 4.78 is 4.64. The van der Waals surface area contributed by atoms with Gasteiger partial charge in [-0.2, -0.15) is 0 Å². The zero-order valence-electron chi connectivity index (χ0n) is 10.5. The highest BCUT2D eigenvalue weighted by Crippen LogP contribution is 2.22. The fraction of sp³-hybridized carbons (Fsp3) is 0.667. The molecule has 96 valence electrons. The molecule has 0 aromatic heterocycles. The highest BCUT2D eigenvalue weighted by Gasteiger charge is 2.33. The summed E-state index contributed by atoms with van der Waals surface area (Å²) in [6.45, 7) is 9.85. The molecule has 1 amide bonds. The number of hydrogen-bond donors (Lipinski definition) is 0. The van der Waals surface area contributed by atoms with Gasteiger partial charge in [0.25, 0.3) is 0 Å². The molecule has 0 saturated carbocycles. The van der Waals surface area contributed by atoms with Gasteiger partial charge < -0.3 is 9.64 Å². The van der Waals surface area contributed by atoms with Crippen molar-refractivity contribution < 1.29 is 14.3 Å². The molecule has 1 atom stereocenters. The number of halogens is 1. The van der Waals surface area contributed by atoms with Crippen LogP contribution in [-0.4, -0.2) is 40.3 Å². The summed E-state index contributed by atoms with van der Waals surface area (Å²) in [4.78, 5) is 25.0. The Labute approximate surface area is 110 Å². The smallest absolute Gasteiger partial charge is 0.322 e. The van der Waals surface area contributed by atoms with Crippen molar-refractivity contribution in [3.8, 4) is 0 Å². The van der Waals surface area contributed by atoms with Gasteiger partial charge in [-0.05, 0) is 20.8 Å². The summed E-state index contributed by atoms with van der Waals surface area (Å²) in [5, 5.41) is 0. The fourth-order valence-electron chi connectivity index (χ4n) is 1.57. The van der Waals surface area contributed by atoms with Crippen LogP contribution in [0.5, 0.6) is 0 Å². The van der Waals surface area contributed by atoms with Gasteiger partial charge in [-0.15, -0.1) is 0 Å². The molecule has 0 N–H and O–H groups in total. The molecule has 17 heavy (non-hydrogen) atoms. The highest BCUT2D eigenvalue weighted by atomic mass is 79.9. The Morgan fingerprint density at radius 2 is 2.06 bits per heavy atom. The van der Waals surface area contributed by atoms with Crippen molar-refractivity contribution in [3.05, 3.63) is 12.2 Å². The molecule has 1 unspecified atom stereocenters. The van der Waals surface area contributed by atoms with E-state index in [1.54, 1.807) is 25.7 Å². The second-order valence-corrected chi connectivity index (χ2v) is 6.80. The second-order valence-electron chi connectivity index (χ2n) is 4.82. The van der Waals surface area contributed by atoms with E-state index >= 15 is 0 Å². The van der Waals surface area contributed by atoms with Gasteiger partial charge in [-0.3, -0.25) is 9.59 Å². The third kappa shape index (κ3) is 3.84. The van der Waals surface area contributed by atoms with Crippen LogP contribution >= 0.6 is 15.9 Å². The van der Waals surface area contributed by atoms with Gasteiger partial charge in [0.05, 0.1) is 6.54 Å². The Kier molecular flexibility index (Phi) is 4.36. The lowest BCUT2D eigenvalue weighted by Crippen LogP contribution is -2.34. The number of carbonyl (C=O) groups excluding carboxylic acids is 2. The van der Waals surface area contributed by atoms with E-state index in [9.17, 15) is 9.59 Å². The average molecular weight is 304 g/mol. The van der Waals surface area contributed by atoms with E-state index in [-0.39, 0.29) is 18.0 Å². The highest BCUT2D eigenvalue weighted by molar-refractivity contribution is 9.10. The standard InChI is InChI=1S/C12H18BrNO3/c1-8(2)10(15)14-6-5-9(7-14)17-11(16)12(3,4)13/h9H,1,5-7H2,2-4H3. The fourth-order valence-corrected chi connectivity index (χ4v) is 1.66. The van der Waals surface area contributed by atoms with Crippen LogP contribution in [0.25, 0.3) is 0 Å². The van der Waals surface area contributed by atoms with Gasteiger partial charge in [0.15, 0.2) is 0 Å². The number of rotatable bonds is 3. The van der Waals surface area contributed by atoms with Crippen molar-refractivity contribution in [3.63, 3.8) is 0 Å². The SMILES string of the molecule is C=C(C)C(=O)N1CCC(OC(=O)C(C)(C)Br)C1. The van der Waals surface area contributed by atoms with Crippen molar-refractivity contribution >= 4 is 27.8 Å². The predicted octanol–water partition coefficient (Wildman–Crippen LogP) is 1.88. The van der Waals surface area contributed by atoms with Crippen LogP contribution in [0.2, 0.25) is 0 Å². The third-order valence-corrected chi connectivity index (χ3v) is 2.88. The number of likely N-dealkylation sites (tertiary alicyclic amines) is 1. The monoisotopic (exact) mass is 303 g/mol. The van der Waals surface area contributed by atoms with Gasteiger partial charge >= 0.3 is 5.97 Å². The second kappa shape index (κ2) is 5.21. The Morgan fingerprint density at radius 3 is 2.53 bits per heavy atom. The van der Waals surface area contributed by atoms with Crippen LogP contribution in [0.4, 0.5) is 0 Å². The molecule has 0 spiro atoms. The molecule has 1 heterocycles. The molecule has 5 heteroatoms. The van der Waals surface area contributed by atoms with Gasteiger partial charge in [-0.25, -0.2) is 0 Å². The zero-order valence-corrected chi connectivity index (χ0v) is 12.0. The van der Waals surface area contributed by atoms with Crippen LogP contribution in [0.3, 0.4) is 0 Å². The van der Waals surface area contributed by atoms with Gasteiger partial charge in [0, 0.05) is 18.5 Å². The van der Waals surface area contributed by atoms with E-state index in [4.69, 9.17) is 4.74 Å². The normalized spacial score (nSPS) is 20.2. The summed E-state index contributed by atoms with van der Waals surface area (Å²) in [6, 6.07) is 0. The van der Waals surface area contributed by atoms with E-state index < -0.39 is 4.32 Å². The number of nitrogens with zero attached hydrogens (tertiary/aromatic N) is 1. The maximum Gasteiger partial charge on any atom is 0.322 e. The molecule has 1 fully saturated rings. The molecule has 1 saturated heterocycles. The maximum absolute atomic E-state index is 11.6. The number of carbonyl (C=O) groups is 2. The lowest BCUT2D eigenvalue weighted by Gasteiger charge is -2.20. The molecule has 1 rings (SSSR count). The Morgan fingerprint density at radius 1 is 1.47 bits per heavy atom. The molecule has 0 bridgehead atoms. The molecule has 0 radical (unpaired) electrons.